The zero-order chi connectivity index (χ0) is 19.9. The van der Waals surface area contributed by atoms with E-state index in [1.807, 2.05) is 18.2 Å². The van der Waals surface area contributed by atoms with Crippen LogP contribution in [-0.4, -0.2) is 57.2 Å². The fraction of sp³-hybridized carbons (Fsp3) is 0.381. The molecule has 1 heterocycles. The van der Waals surface area contributed by atoms with Crippen molar-refractivity contribution in [3.63, 3.8) is 0 Å². The molecule has 1 aliphatic rings. The van der Waals surface area contributed by atoms with Gasteiger partial charge in [0.15, 0.2) is 0 Å². The van der Waals surface area contributed by atoms with Gasteiger partial charge in [0, 0.05) is 42.9 Å². The van der Waals surface area contributed by atoms with Gasteiger partial charge in [0.1, 0.15) is 5.75 Å². The van der Waals surface area contributed by atoms with Crippen LogP contribution in [0.1, 0.15) is 16.8 Å². The molecule has 0 spiro atoms. The van der Waals surface area contributed by atoms with Gasteiger partial charge in [0.2, 0.25) is 0 Å². The van der Waals surface area contributed by atoms with Crippen LogP contribution in [0.3, 0.4) is 0 Å². The highest BCUT2D eigenvalue weighted by Crippen LogP contribution is 2.21. The Morgan fingerprint density at radius 3 is 2.54 bits per heavy atom. The Hall–Kier alpha value is -1.76. The van der Waals surface area contributed by atoms with Crippen LogP contribution in [0, 0.1) is 0 Å². The number of benzene rings is 2. The van der Waals surface area contributed by atoms with Gasteiger partial charge in [-0.25, -0.2) is 0 Å². The van der Waals surface area contributed by atoms with Crippen LogP contribution in [0.2, 0.25) is 5.02 Å². The zero-order valence-electron chi connectivity index (χ0n) is 16.0. The van der Waals surface area contributed by atoms with Crippen molar-refractivity contribution in [2.24, 2.45) is 0 Å². The van der Waals surface area contributed by atoms with E-state index in [-0.39, 0.29) is 5.91 Å². The average Bonchev–Trinajstić information content (AvgIpc) is 2.73. The Morgan fingerprint density at radius 2 is 1.86 bits per heavy atom. The van der Waals surface area contributed by atoms with Crippen molar-refractivity contribution < 1.29 is 9.53 Å². The zero-order valence-corrected chi connectivity index (χ0v) is 18.3. The van der Waals surface area contributed by atoms with Crippen LogP contribution in [0.4, 0.5) is 5.69 Å². The monoisotopic (exact) mass is 465 g/mol. The Kier molecular flexibility index (Phi) is 7.59. The summed E-state index contributed by atoms with van der Waals surface area (Å²) < 4.78 is 6.06. The minimum Gasteiger partial charge on any atom is -0.497 e. The molecule has 0 aromatic heterocycles. The largest absolute Gasteiger partial charge is 0.497 e. The van der Waals surface area contributed by atoms with Gasteiger partial charge in [0.25, 0.3) is 5.91 Å². The summed E-state index contributed by atoms with van der Waals surface area (Å²) in [7, 11) is 1.68. The molecule has 1 N–H and O–H groups in total. The van der Waals surface area contributed by atoms with E-state index in [1.165, 1.54) is 5.69 Å². The van der Waals surface area contributed by atoms with Gasteiger partial charge in [0.05, 0.1) is 17.7 Å². The molecule has 2 aromatic rings. The molecule has 0 bridgehead atoms. The van der Waals surface area contributed by atoms with Gasteiger partial charge < -0.3 is 15.0 Å². The van der Waals surface area contributed by atoms with Crippen molar-refractivity contribution in [1.82, 2.24) is 10.2 Å². The number of carbonyl (C=O) groups excluding carboxylic acids is 1. The van der Waals surface area contributed by atoms with Gasteiger partial charge in [-0.15, -0.1) is 0 Å². The van der Waals surface area contributed by atoms with Gasteiger partial charge in [-0.2, -0.15) is 0 Å². The van der Waals surface area contributed by atoms with E-state index in [1.54, 1.807) is 19.2 Å². The van der Waals surface area contributed by atoms with Crippen LogP contribution < -0.4 is 15.0 Å². The molecule has 1 aliphatic heterocycles. The van der Waals surface area contributed by atoms with E-state index < -0.39 is 0 Å². The summed E-state index contributed by atoms with van der Waals surface area (Å²) in [5.41, 5.74) is 1.74. The van der Waals surface area contributed by atoms with E-state index in [9.17, 15) is 4.79 Å². The number of amides is 1. The smallest absolute Gasteiger partial charge is 0.252 e. The normalized spacial score (nSPS) is 14.8. The number of nitrogens with zero attached hydrogens (tertiary/aromatic N) is 2. The highest BCUT2D eigenvalue weighted by Gasteiger charge is 2.17. The Bertz CT molecular complexity index is 793. The number of hydrogen-bond acceptors (Lipinski definition) is 4. The van der Waals surface area contributed by atoms with Gasteiger partial charge >= 0.3 is 0 Å². The molecule has 0 atom stereocenters. The predicted molar refractivity (Wildman–Crippen MR) is 118 cm³/mol. The van der Waals surface area contributed by atoms with Crippen molar-refractivity contribution in [2.75, 3.05) is 51.3 Å². The molecule has 7 heteroatoms. The van der Waals surface area contributed by atoms with Crippen LogP contribution >= 0.6 is 27.5 Å². The first-order chi connectivity index (χ1) is 13.6. The maximum atomic E-state index is 12.3. The highest BCUT2D eigenvalue weighted by molar-refractivity contribution is 9.10. The van der Waals surface area contributed by atoms with Gasteiger partial charge in [-0.05, 0) is 55.4 Å². The van der Waals surface area contributed by atoms with Crippen molar-refractivity contribution in [1.29, 1.82) is 0 Å². The van der Waals surface area contributed by atoms with Gasteiger partial charge in [-0.3, -0.25) is 9.69 Å². The lowest BCUT2D eigenvalue weighted by molar-refractivity contribution is 0.0951. The molecule has 1 fully saturated rings. The van der Waals surface area contributed by atoms with Crippen molar-refractivity contribution >= 4 is 39.1 Å². The third kappa shape index (κ3) is 5.63. The summed E-state index contributed by atoms with van der Waals surface area (Å²) in [5, 5.41) is 3.43. The van der Waals surface area contributed by atoms with Crippen molar-refractivity contribution in [2.45, 2.75) is 6.42 Å². The number of methoxy groups -OCH3 is 1. The first-order valence-corrected chi connectivity index (χ1v) is 10.6. The van der Waals surface area contributed by atoms with Crippen molar-refractivity contribution in [3.05, 3.63) is 57.5 Å². The lowest BCUT2D eigenvalue weighted by Gasteiger charge is -2.36. The number of piperazine rings is 1. The third-order valence-electron chi connectivity index (χ3n) is 4.92. The fourth-order valence-corrected chi connectivity index (χ4v) is 3.86. The van der Waals surface area contributed by atoms with Crippen molar-refractivity contribution in [3.8, 4) is 5.75 Å². The lowest BCUT2D eigenvalue weighted by Crippen LogP contribution is -2.47. The Labute approximate surface area is 179 Å². The number of nitrogens with one attached hydrogen (secondary N) is 1. The second-order valence-electron chi connectivity index (χ2n) is 6.76. The summed E-state index contributed by atoms with van der Waals surface area (Å²) in [5.74, 6) is 0.754. The van der Waals surface area contributed by atoms with E-state index in [2.05, 4.69) is 43.2 Å². The summed E-state index contributed by atoms with van der Waals surface area (Å²) in [6, 6.07) is 13.5. The summed E-state index contributed by atoms with van der Waals surface area (Å²) >= 11 is 9.48. The van der Waals surface area contributed by atoms with E-state index >= 15 is 0 Å². The molecule has 2 aromatic carbocycles. The molecule has 0 radical (unpaired) electrons. The first-order valence-electron chi connectivity index (χ1n) is 9.41. The maximum absolute atomic E-state index is 12.3. The topological polar surface area (TPSA) is 44.8 Å². The van der Waals surface area contributed by atoms with Crippen LogP contribution in [0.15, 0.2) is 46.9 Å². The van der Waals surface area contributed by atoms with E-state index in [0.29, 0.717) is 17.1 Å². The molecular weight excluding hydrogens is 442 g/mol. The highest BCUT2D eigenvalue weighted by atomic mass is 79.9. The predicted octanol–water partition coefficient (Wildman–Crippen LogP) is 4.05. The second kappa shape index (κ2) is 10.1. The molecule has 5 nitrogen and oxygen atoms in total. The standard InChI is InChI=1S/C21H25BrClN3O2/c1-28-18-6-4-17(5-7-18)26-13-11-25(12-14-26)10-2-9-24-21(27)19-15-16(22)3-8-20(19)23/h3-8,15H,2,9-14H2,1H3,(H,24,27). The third-order valence-corrected chi connectivity index (χ3v) is 5.74. The molecule has 1 amide bonds. The average molecular weight is 467 g/mol. The van der Waals surface area contributed by atoms with Crippen LogP contribution in [-0.2, 0) is 0 Å². The number of halogens is 2. The Balaban J connectivity index is 1.37. The maximum Gasteiger partial charge on any atom is 0.252 e. The molecule has 150 valence electrons. The number of anilines is 1. The SMILES string of the molecule is COc1ccc(N2CCN(CCCNC(=O)c3cc(Br)ccc3Cl)CC2)cc1. The number of ether oxygens (including phenoxy) is 1. The van der Waals surface area contributed by atoms with Crippen LogP contribution in [0.5, 0.6) is 5.75 Å². The molecule has 0 unspecified atom stereocenters. The van der Waals surface area contributed by atoms with Gasteiger partial charge in [-0.1, -0.05) is 27.5 Å². The molecular formula is C21H25BrClN3O2. The molecule has 0 saturated carbocycles. The number of rotatable bonds is 7. The molecule has 1 saturated heterocycles. The van der Waals surface area contributed by atoms with E-state index in [0.717, 1.165) is 49.4 Å². The minimum absolute atomic E-state index is 0.129. The number of carbonyl (C=O) groups is 1. The Morgan fingerprint density at radius 1 is 1.14 bits per heavy atom. The lowest BCUT2D eigenvalue weighted by atomic mass is 10.2. The second-order valence-corrected chi connectivity index (χ2v) is 8.08. The quantitative estimate of drug-likeness (QED) is 0.625. The molecule has 3 rings (SSSR count). The summed E-state index contributed by atoms with van der Waals surface area (Å²) in [4.78, 5) is 17.1. The van der Waals surface area contributed by atoms with Crippen LogP contribution in [0.25, 0.3) is 0 Å². The van der Waals surface area contributed by atoms with E-state index in [4.69, 9.17) is 16.3 Å². The summed E-state index contributed by atoms with van der Waals surface area (Å²) in [6.45, 7) is 5.68. The minimum atomic E-state index is -0.129. The number of hydrogen-bond donors (Lipinski definition) is 1. The molecule has 0 aliphatic carbocycles. The molecule has 28 heavy (non-hydrogen) atoms. The summed E-state index contributed by atoms with van der Waals surface area (Å²) in [6.07, 6.45) is 0.917. The first kappa shape index (κ1) is 21.0. The fourth-order valence-electron chi connectivity index (χ4n) is 3.29.